The minimum Gasteiger partial charge on any atom is -0.456 e. The van der Waals surface area contributed by atoms with Gasteiger partial charge in [-0.2, -0.15) is 0 Å². The standard InChI is InChI=1S/C63H46O/c1-5-17-45(18-6-1)49-40-50(46-19-7-2-8-20-46)42-51(41-49)48(37-44-31-35-57-56-27-15-16-28-60(56)64-61(57)39-44)32-29-43-30-34-55-58-36-33-47-21-13-14-26-54(47)62(58)63(59(55)38-43,52-22-9-3-10-23-52)53-24-11-4-12-25-53/h1-28,30-31,33-36,38-42,48H,29,32,37H2. The van der Waals surface area contributed by atoms with E-state index >= 15 is 0 Å². The Morgan fingerprint density at radius 3 is 1.64 bits per heavy atom. The average molecular weight is 819 g/mol. The van der Waals surface area contributed by atoms with Gasteiger partial charge in [-0.05, 0) is 126 Å². The number of fused-ring (bicyclic) bond motifs is 8. The highest BCUT2D eigenvalue weighted by atomic mass is 16.3. The summed E-state index contributed by atoms with van der Waals surface area (Å²) in [6, 6.07) is 87.6. The molecule has 64 heavy (non-hydrogen) atoms. The van der Waals surface area contributed by atoms with Crippen molar-refractivity contribution in [2.75, 3.05) is 0 Å². The van der Waals surface area contributed by atoms with Crippen LogP contribution in [0.1, 0.15) is 51.3 Å². The number of furan rings is 1. The highest BCUT2D eigenvalue weighted by Crippen LogP contribution is 2.58. The van der Waals surface area contributed by atoms with Crippen LogP contribution in [0.5, 0.6) is 0 Å². The second-order valence-corrected chi connectivity index (χ2v) is 17.5. The number of hydrogen-bond donors (Lipinski definition) is 0. The maximum atomic E-state index is 6.45. The Kier molecular flexibility index (Phi) is 9.42. The van der Waals surface area contributed by atoms with Crippen molar-refractivity contribution in [3.8, 4) is 33.4 Å². The third-order valence-electron chi connectivity index (χ3n) is 13.8. The van der Waals surface area contributed by atoms with Crippen LogP contribution in [0.25, 0.3) is 66.1 Å². The monoisotopic (exact) mass is 818 g/mol. The van der Waals surface area contributed by atoms with E-state index in [0.29, 0.717) is 0 Å². The van der Waals surface area contributed by atoms with Crippen molar-refractivity contribution in [2.45, 2.75) is 30.6 Å². The summed E-state index contributed by atoms with van der Waals surface area (Å²) in [4.78, 5) is 0. The Bertz CT molecular complexity index is 3360. The number of aryl methyl sites for hydroxylation is 1. The molecule has 0 spiro atoms. The van der Waals surface area contributed by atoms with Gasteiger partial charge in [-0.15, -0.1) is 0 Å². The lowest BCUT2D eigenvalue weighted by atomic mass is 9.66. The predicted molar refractivity (Wildman–Crippen MR) is 267 cm³/mol. The van der Waals surface area contributed by atoms with E-state index in [9.17, 15) is 0 Å². The van der Waals surface area contributed by atoms with Crippen LogP contribution in [-0.4, -0.2) is 0 Å². The van der Waals surface area contributed by atoms with Gasteiger partial charge < -0.3 is 4.42 Å². The van der Waals surface area contributed by atoms with E-state index in [1.807, 2.05) is 0 Å². The quantitative estimate of drug-likeness (QED) is 0.134. The summed E-state index contributed by atoms with van der Waals surface area (Å²) in [5.74, 6) is 0.232. The number of para-hydroxylation sites is 1. The second-order valence-electron chi connectivity index (χ2n) is 17.5. The van der Waals surface area contributed by atoms with Crippen LogP contribution < -0.4 is 0 Å². The number of hydrogen-bond acceptors (Lipinski definition) is 1. The third-order valence-corrected chi connectivity index (χ3v) is 13.8. The van der Waals surface area contributed by atoms with Crippen LogP contribution in [0.4, 0.5) is 0 Å². The molecule has 1 heterocycles. The van der Waals surface area contributed by atoms with Gasteiger partial charge in [0.25, 0.3) is 0 Å². The zero-order valence-corrected chi connectivity index (χ0v) is 35.6. The second kappa shape index (κ2) is 15.9. The van der Waals surface area contributed by atoms with Crippen molar-refractivity contribution in [3.63, 3.8) is 0 Å². The summed E-state index contributed by atoms with van der Waals surface area (Å²) in [6.45, 7) is 0. The maximum Gasteiger partial charge on any atom is 0.135 e. The van der Waals surface area contributed by atoms with Crippen LogP contribution in [0.2, 0.25) is 0 Å². The SMILES string of the molecule is c1ccc(-c2cc(-c3ccccc3)cc(C(CCc3ccc4c(c3)C(c3ccccc3)(c3ccccc3)c3c-4ccc4ccccc34)Cc3ccc4c(c3)oc3ccccc34)c2)cc1. The first kappa shape index (κ1) is 38.0. The van der Waals surface area contributed by atoms with Gasteiger partial charge in [0.05, 0.1) is 5.41 Å². The maximum absolute atomic E-state index is 6.45. The van der Waals surface area contributed by atoms with Crippen molar-refractivity contribution < 1.29 is 4.42 Å². The highest BCUT2D eigenvalue weighted by Gasteiger charge is 2.47. The normalized spacial score (nSPS) is 13.2. The molecule has 1 aliphatic carbocycles. The summed E-state index contributed by atoms with van der Waals surface area (Å²) in [6.07, 6.45) is 2.79. The van der Waals surface area contributed by atoms with Gasteiger partial charge in [0.1, 0.15) is 11.2 Å². The molecule has 1 nitrogen and oxygen atoms in total. The van der Waals surface area contributed by atoms with Crippen LogP contribution in [-0.2, 0) is 18.3 Å². The Hall–Kier alpha value is -7.74. The summed E-state index contributed by atoms with van der Waals surface area (Å²) >= 11 is 0. The fourth-order valence-electron chi connectivity index (χ4n) is 10.9. The lowest BCUT2D eigenvalue weighted by molar-refractivity contribution is 0.619. The van der Waals surface area contributed by atoms with Gasteiger partial charge in [-0.3, -0.25) is 0 Å². The minimum atomic E-state index is -0.486. The summed E-state index contributed by atoms with van der Waals surface area (Å²) in [5.41, 5.74) is 18.3. The zero-order valence-electron chi connectivity index (χ0n) is 35.6. The topological polar surface area (TPSA) is 13.1 Å². The highest BCUT2D eigenvalue weighted by molar-refractivity contribution is 6.05. The molecule has 0 N–H and O–H groups in total. The van der Waals surface area contributed by atoms with Gasteiger partial charge in [-0.1, -0.05) is 218 Å². The molecule has 1 aliphatic rings. The Morgan fingerprint density at radius 1 is 0.391 bits per heavy atom. The molecule has 0 saturated carbocycles. The van der Waals surface area contributed by atoms with E-state index in [2.05, 4.69) is 237 Å². The van der Waals surface area contributed by atoms with E-state index in [0.717, 1.165) is 35.8 Å². The molecule has 1 unspecified atom stereocenters. The molecule has 0 fully saturated rings. The molecule has 0 radical (unpaired) electrons. The molecular weight excluding hydrogens is 773 g/mol. The first-order valence-corrected chi connectivity index (χ1v) is 22.6. The molecule has 0 amide bonds. The molecule has 1 aromatic heterocycles. The van der Waals surface area contributed by atoms with Gasteiger partial charge in [0.15, 0.2) is 0 Å². The lowest BCUT2D eigenvalue weighted by Gasteiger charge is -2.35. The minimum absolute atomic E-state index is 0.232. The fraction of sp³-hybridized carbons (Fsp3) is 0.0794. The summed E-state index contributed by atoms with van der Waals surface area (Å²) < 4.78 is 6.45. The van der Waals surface area contributed by atoms with E-state index < -0.39 is 5.41 Å². The van der Waals surface area contributed by atoms with E-state index in [1.54, 1.807) is 0 Å². The van der Waals surface area contributed by atoms with E-state index in [1.165, 1.54) is 88.5 Å². The Morgan fingerprint density at radius 2 is 0.953 bits per heavy atom. The lowest BCUT2D eigenvalue weighted by Crippen LogP contribution is -2.29. The van der Waals surface area contributed by atoms with Gasteiger partial charge >= 0.3 is 0 Å². The first-order chi connectivity index (χ1) is 31.7. The number of benzene rings is 10. The molecule has 304 valence electrons. The van der Waals surface area contributed by atoms with Gasteiger partial charge in [0.2, 0.25) is 0 Å². The van der Waals surface area contributed by atoms with Crippen molar-refractivity contribution >= 4 is 32.7 Å². The van der Waals surface area contributed by atoms with Crippen LogP contribution in [0.15, 0.2) is 241 Å². The molecule has 10 aromatic carbocycles. The molecule has 1 heteroatoms. The van der Waals surface area contributed by atoms with Crippen molar-refractivity contribution in [1.29, 1.82) is 0 Å². The molecule has 0 aliphatic heterocycles. The van der Waals surface area contributed by atoms with E-state index in [4.69, 9.17) is 4.42 Å². The average Bonchev–Trinajstić information content (AvgIpc) is 3.89. The third kappa shape index (κ3) is 6.47. The van der Waals surface area contributed by atoms with Crippen molar-refractivity contribution in [2.24, 2.45) is 0 Å². The van der Waals surface area contributed by atoms with Crippen molar-refractivity contribution in [3.05, 3.63) is 276 Å². The number of rotatable bonds is 10. The Balaban J connectivity index is 1.00. The molecule has 0 saturated heterocycles. The fourth-order valence-corrected chi connectivity index (χ4v) is 10.9. The Labute approximate surface area is 374 Å². The van der Waals surface area contributed by atoms with Gasteiger partial charge in [-0.25, -0.2) is 0 Å². The molecule has 11 aromatic rings. The molecule has 0 bridgehead atoms. The molecule has 1 atom stereocenters. The van der Waals surface area contributed by atoms with E-state index in [-0.39, 0.29) is 5.92 Å². The largest absolute Gasteiger partial charge is 0.456 e. The summed E-state index contributed by atoms with van der Waals surface area (Å²) in [5, 5.41) is 4.90. The van der Waals surface area contributed by atoms with Crippen molar-refractivity contribution in [1.82, 2.24) is 0 Å². The smallest absolute Gasteiger partial charge is 0.135 e. The predicted octanol–water partition coefficient (Wildman–Crippen LogP) is 16.4. The summed E-state index contributed by atoms with van der Waals surface area (Å²) in [7, 11) is 0. The zero-order chi connectivity index (χ0) is 42.5. The van der Waals surface area contributed by atoms with Crippen LogP contribution >= 0.6 is 0 Å². The van der Waals surface area contributed by atoms with Crippen LogP contribution in [0.3, 0.4) is 0 Å². The van der Waals surface area contributed by atoms with Gasteiger partial charge in [0, 0.05) is 10.8 Å². The molecular formula is C63H46O. The van der Waals surface area contributed by atoms with Crippen LogP contribution in [0, 0.1) is 0 Å². The molecule has 12 rings (SSSR count). The first-order valence-electron chi connectivity index (χ1n) is 22.6.